The molecule has 180 valence electrons. The third-order valence-electron chi connectivity index (χ3n) is 7.74. The summed E-state index contributed by atoms with van der Waals surface area (Å²) < 4.78 is 16.7. The average Bonchev–Trinajstić information content (AvgIpc) is 3.29. The molecular weight excluding hydrogens is 468 g/mol. The molecule has 0 bridgehead atoms. The summed E-state index contributed by atoms with van der Waals surface area (Å²) in [5.41, 5.74) is 3.86. The molecule has 1 saturated carbocycles. The molecule has 2 fully saturated rings. The lowest BCUT2D eigenvalue weighted by molar-refractivity contribution is -0.137. The van der Waals surface area contributed by atoms with Gasteiger partial charge in [-0.3, -0.25) is 4.79 Å². The van der Waals surface area contributed by atoms with Crippen molar-refractivity contribution < 1.29 is 18.7 Å². The van der Waals surface area contributed by atoms with Gasteiger partial charge in [0.05, 0.1) is 37.7 Å². The molecule has 1 amide bonds. The van der Waals surface area contributed by atoms with Gasteiger partial charge < -0.3 is 18.8 Å². The van der Waals surface area contributed by atoms with Crippen molar-refractivity contribution in [2.45, 2.75) is 55.9 Å². The number of carbonyl (C=O) groups is 1. The number of ether oxygens (including phenoxy) is 2. The second-order valence-corrected chi connectivity index (χ2v) is 10.0. The molecule has 0 radical (unpaired) electrons. The molecule has 2 unspecified atom stereocenters. The van der Waals surface area contributed by atoms with E-state index in [0.717, 1.165) is 47.9 Å². The lowest BCUT2D eigenvalue weighted by Crippen LogP contribution is -2.49. The van der Waals surface area contributed by atoms with Gasteiger partial charge in [-0.05, 0) is 77.9 Å². The first-order valence-electron chi connectivity index (χ1n) is 11.8. The Hall–Kier alpha value is -3.16. The van der Waals surface area contributed by atoms with Crippen LogP contribution in [0.25, 0.3) is 0 Å². The van der Waals surface area contributed by atoms with Crippen LogP contribution in [-0.4, -0.2) is 29.6 Å². The maximum Gasteiger partial charge on any atom is 0.228 e. The van der Waals surface area contributed by atoms with Crippen LogP contribution >= 0.6 is 11.6 Å². The molecule has 3 heterocycles. The molecule has 2 atom stereocenters. The predicted molar refractivity (Wildman–Crippen MR) is 130 cm³/mol. The third kappa shape index (κ3) is 3.74. The maximum absolute atomic E-state index is 13.6. The molecule has 3 aliphatic rings. The Morgan fingerprint density at radius 1 is 1.11 bits per heavy atom. The van der Waals surface area contributed by atoms with Crippen molar-refractivity contribution in [3.63, 3.8) is 0 Å². The molecule has 1 aromatic heterocycles. The number of nitrogens with zero attached hydrogens (tertiary/aromatic N) is 2. The van der Waals surface area contributed by atoms with Gasteiger partial charge in [0, 0.05) is 16.6 Å². The number of amides is 1. The molecule has 0 N–H and O–H groups in total. The number of epoxide rings is 1. The molecule has 1 aliphatic carbocycles. The van der Waals surface area contributed by atoms with Crippen LogP contribution in [0.3, 0.4) is 0 Å². The Kier molecular flexibility index (Phi) is 5.42. The smallest absolute Gasteiger partial charge is 0.228 e. The van der Waals surface area contributed by atoms with Crippen LogP contribution in [-0.2, 0) is 16.0 Å². The van der Waals surface area contributed by atoms with Crippen LogP contribution in [0.15, 0.2) is 64.6 Å². The highest BCUT2D eigenvalue weighted by molar-refractivity contribution is 6.30. The van der Waals surface area contributed by atoms with Gasteiger partial charge >= 0.3 is 0 Å². The number of fused-ring (bicyclic) bond motifs is 1. The lowest BCUT2D eigenvalue weighted by Gasteiger charge is -2.45. The fourth-order valence-electron chi connectivity index (χ4n) is 5.96. The zero-order valence-electron chi connectivity index (χ0n) is 19.3. The summed E-state index contributed by atoms with van der Waals surface area (Å²) in [6, 6.07) is 12.8. The van der Waals surface area contributed by atoms with Gasteiger partial charge in [0.2, 0.25) is 5.91 Å². The van der Waals surface area contributed by atoms with Crippen LogP contribution in [0.2, 0.25) is 5.02 Å². The topological polar surface area (TPSA) is 84.6 Å². The van der Waals surface area contributed by atoms with Crippen LogP contribution in [0, 0.1) is 4.91 Å². The molecule has 2 aromatic carbocycles. The van der Waals surface area contributed by atoms with E-state index in [9.17, 15) is 9.70 Å². The first-order valence-corrected chi connectivity index (χ1v) is 12.2. The van der Waals surface area contributed by atoms with Crippen LogP contribution in [0.1, 0.15) is 60.1 Å². The fraction of sp³-hybridized carbons (Fsp3) is 0.370. The van der Waals surface area contributed by atoms with Gasteiger partial charge in [0.15, 0.2) is 0 Å². The Labute approximate surface area is 207 Å². The molecule has 1 spiro atoms. The summed E-state index contributed by atoms with van der Waals surface area (Å²) in [4.78, 5) is 27.2. The van der Waals surface area contributed by atoms with E-state index in [1.54, 1.807) is 24.7 Å². The number of nitroso groups, excluding NO2 is 1. The summed E-state index contributed by atoms with van der Waals surface area (Å²) in [6.45, 7) is 0. The summed E-state index contributed by atoms with van der Waals surface area (Å²) in [5, 5.41) is 3.81. The van der Waals surface area contributed by atoms with E-state index in [-0.39, 0.29) is 41.8 Å². The first-order chi connectivity index (χ1) is 17.0. The van der Waals surface area contributed by atoms with Gasteiger partial charge in [-0.2, -0.15) is 0 Å². The Morgan fingerprint density at radius 2 is 1.89 bits per heavy atom. The van der Waals surface area contributed by atoms with Gasteiger partial charge in [0.25, 0.3) is 0 Å². The van der Waals surface area contributed by atoms with Crippen LogP contribution < -0.4 is 4.74 Å². The Balaban J connectivity index is 1.34. The first kappa shape index (κ1) is 22.3. The SMILES string of the molecule is COc1cc2c(cc1N=O)C(c1ccc(Cl)cc1)N(C1CCC3(CC1)OC3c1ccoc1)C(=O)C2. The molecule has 2 aliphatic heterocycles. The zero-order valence-corrected chi connectivity index (χ0v) is 20.0. The highest BCUT2D eigenvalue weighted by Gasteiger charge is 2.59. The van der Waals surface area contributed by atoms with E-state index in [2.05, 4.69) is 5.18 Å². The fourth-order valence-corrected chi connectivity index (χ4v) is 6.09. The number of rotatable bonds is 5. The number of benzene rings is 2. The third-order valence-corrected chi connectivity index (χ3v) is 7.99. The van der Waals surface area contributed by atoms with E-state index < -0.39 is 0 Å². The molecule has 35 heavy (non-hydrogen) atoms. The van der Waals surface area contributed by atoms with E-state index >= 15 is 0 Å². The quantitative estimate of drug-likeness (QED) is 0.309. The van der Waals surface area contributed by atoms with Crippen molar-refractivity contribution in [1.82, 2.24) is 4.90 Å². The second kappa shape index (κ2) is 8.50. The normalized spacial score (nSPS) is 27.5. The monoisotopic (exact) mass is 492 g/mol. The van der Waals surface area contributed by atoms with Gasteiger partial charge in [-0.15, -0.1) is 4.91 Å². The molecule has 1 saturated heterocycles. The number of halogens is 1. The van der Waals surface area contributed by atoms with E-state index in [1.165, 1.54) is 7.11 Å². The summed E-state index contributed by atoms with van der Waals surface area (Å²) in [7, 11) is 1.50. The van der Waals surface area contributed by atoms with Crippen molar-refractivity contribution in [2.24, 2.45) is 5.18 Å². The number of furan rings is 1. The minimum Gasteiger partial charge on any atom is -0.494 e. The Morgan fingerprint density at radius 3 is 2.54 bits per heavy atom. The number of hydrogen-bond acceptors (Lipinski definition) is 6. The number of methoxy groups -OCH3 is 1. The summed E-state index contributed by atoms with van der Waals surface area (Å²) in [6.07, 6.45) is 7.19. The molecule has 3 aromatic rings. The van der Waals surface area contributed by atoms with Crippen molar-refractivity contribution >= 4 is 23.2 Å². The predicted octanol–water partition coefficient (Wildman–Crippen LogP) is 6.27. The van der Waals surface area contributed by atoms with Gasteiger partial charge in [-0.25, -0.2) is 0 Å². The van der Waals surface area contributed by atoms with E-state index in [0.29, 0.717) is 10.8 Å². The Bertz CT molecular complexity index is 1270. The number of carbonyl (C=O) groups excluding carboxylic acids is 1. The van der Waals surface area contributed by atoms with E-state index in [4.69, 9.17) is 25.5 Å². The second-order valence-electron chi connectivity index (χ2n) is 9.60. The van der Waals surface area contributed by atoms with Crippen molar-refractivity contribution in [2.75, 3.05) is 7.11 Å². The van der Waals surface area contributed by atoms with Crippen LogP contribution in [0.4, 0.5) is 5.69 Å². The molecule has 8 heteroatoms. The van der Waals surface area contributed by atoms with Crippen LogP contribution in [0.5, 0.6) is 5.75 Å². The summed E-state index contributed by atoms with van der Waals surface area (Å²) >= 11 is 6.17. The van der Waals surface area contributed by atoms with E-state index in [1.807, 2.05) is 35.2 Å². The highest BCUT2D eigenvalue weighted by atomic mass is 35.5. The maximum atomic E-state index is 13.6. The standard InChI is InChI=1S/C27H25ClN2O5/c1-33-23-12-18-13-24(31)30(20-6-9-27(10-7-20)26(35-27)17-8-11-34-15-17)25(21(18)14-22(23)29-32)16-2-4-19(28)5-3-16/h2-5,8,11-12,14-15,20,25-26H,6-7,9-10,13H2,1H3. The highest BCUT2D eigenvalue weighted by Crippen LogP contribution is 2.58. The average molecular weight is 493 g/mol. The minimum absolute atomic E-state index is 0.0610. The molecule has 7 nitrogen and oxygen atoms in total. The minimum atomic E-state index is -0.334. The number of hydrogen-bond donors (Lipinski definition) is 0. The molecular formula is C27H25ClN2O5. The van der Waals surface area contributed by atoms with Gasteiger partial charge in [-0.1, -0.05) is 23.7 Å². The zero-order chi connectivity index (χ0) is 24.2. The lowest BCUT2D eigenvalue weighted by atomic mass is 9.79. The van der Waals surface area contributed by atoms with Crippen molar-refractivity contribution in [3.05, 3.63) is 87.2 Å². The summed E-state index contributed by atoms with van der Waals surface area (Å²) in [5.74, 6) is 0.445. The largest absolute Gasteiger partial charge is 0.494 e. The molecule has 6 rings (SSSR count). The van der Waals surface area contributed by atoms with Crippen molar-refractivity contribution in [1.29, 1.82) is 0 Å². The van der Waals surface area contributed by atoms with Crippen molar-refractivity contribution in [3.8, 4) is 5.75 Å². The van der Waals surface area contributed by atoms with Gasteiger partial charge in [0.1, 0.15) is 17.5 Å².